The molecule has 0 atom stereocenters. The number of ether oxygens (including phenoxy) is 1. The van der Waals surface area contributed by atoms with Gasteiger partial charge >= 0.3 is 5.97 Å². The molecule has 0 unspecified atom stereocenters. The molecule has 9 heteroatoms. The van der Waals surface area contributed by atoms with E-state index >= 15 is 0 Å². The number of esters is 1. The number of Topliss-reactive ketones (excluding diaryl/α,β-unsaturated/α-hetero) is 1. The van der Waals surface area contributed by atoms with Crippen molar-refractivity contribution < 1.29 is 24.2 Å². The van der Waals surface area contributed by atoms with Gasteiger partial charge in [-0.15, -0.1) is 0 Å². The highest BCUT2D eigenvalue weighted by Gasteiger charge is 2.16. The number of rotatable bonds is 6. The highest BCUT2D eigenvalue weighted by Crippen LogP contribution is 2.19. The molecule has 0 aliphatic rings. The standard InChI is InChI=1S/C16H12N2O7/c1-10-8-12(4-7-14(10)18(23)24)16(20)25-9-15(19)11-2-5-13(6-3-11)17(21)22/h2-8H,9H2,1H3. The summed E-state index contributed by atoms with van der Waals surface area (Å²) in [7, 11) is 0. The Morgan fingerprint density at radius 3 is 2.08 bits per heavy atom. The first-order valence-electron chi connectivity index (χ1n) is 6.99. The van der Waals surface area contributed by atoms with Crippen molar-refractivity contribution in [2.24, 2.45) is 0 Å². The van der Waals surface area contributed by atoms with E-state index in [1.165, 1.54) is 49.4 Å². The van der Waals surface area contributed by atoms with Gasteiger partial charge in [0.1, 0.15) is 0 Å². The van der Waals surface area contributed by atoms with Crippen molar-refractivity contribution >= 4 is 23.1 Å². The first-order valence-corrected chi connectivity index (χ1v) is 6.99. The van der Waals surface area contributed by atoms with Crippen LogP contribution in [0, 0.1) is 27.2 Å². The molecular weight excluding hydrogens is 332 g/mol. The summed E-state index contributed by atoms with van der Waals surface area (Å²) in [6.07, 6.45) is 0. The van der Waals surface area contributed by atoms with Gasteiger partial charge in [-0.1, -0.05) is 0 Å². The number of carbonyl (C=O) groups excluding carboxylic acids is 2. The van der Waals surface area contributed by atoms with Crippen LogP contribution in [0.5, 0.6) is 0 Å². The number of benzene rings is 2. The third kappa shape index (κ3) is 4.22. The second kappa shape index (κ2) is 7.30. The number of non-ortho nitro benzene ring substituents is 1. The lowest BCUT2D eigenvalue weighted by atomic mass is 10.1. The molecule has 0 saturated heterocycles. The fourth-order valence-corrected chi connectivity index (χ4v) is 2.05. The van der Waals surface area contributed by atoms with Gasteiger partial charge in [-0.05, 0) is 31.2 Å². The fraction of sp³-hybridized carbons (Fsp3) is 0.125. The number of hydrogen-bond acceptors (Lipinski definition) is 7. The molecule has 0 aromatic heterocycles. The van der Waals surface area contributed by atoms with Crippen LogP contribution in [0.3, 0.4) is 0 Å². The Morgan fingerprint density at radius 2 is 1.56 bits per heavy atom. The summed E-state index contributed by atoms with van der Waals surface area (Å²) in [5, 5.41) is 21.3. The zero-order valence-corrected chi connectivity index (χ0v) is 13.0. The van der Waals surface area contributed by atoms with Crippen molar-refractivity contribution in [3.63, 3.8) is 0 Å². The zero-order valence-electron chi connectivity index (χ0n) is 13.0. The second-order valence-electron chi connectivity index (χ2n) is 5.06. The monoisotopic (exact) mass is 344 g/mol. The molecule has 9 nitrogen and oxygen atoms in total. The van der Waals surface area contributed by atoms with Gasteiger partial charge in [0.2, 0.25) is 0 Å². The molecule has 128 valence electrons. The van der Waals surface area contributed by atoms with Gasteiger partial charge in [-0.25, -0.2) is 4.79 Å². The van der Waals surface area contributed by atoms with E-state index in [2.05, 4.69) is 0 Å². The van der Waals surface area contributed by atoms with Crippen molar-refractivity contribution in [3.8, 4) is 0 Å². The molecule has 0 N–H and O–H groups in total. The molecular formula is C16H12N2O7. The highest BCUT2D eigenvalue weighted by molar-refractivity contribution is 5.99. The molecule has 0 heterocycles. The number of hydrogen-bond donors (Lipinski definition) is 0. The Hall–Kier alpha value is -3.62. The minimum absolute atomic E-state index is 0.0830. The predicted octanol–water partition coefficient (Wildman–Crippen LogP) is 2.85. The first kappa shape index (κ1) is 17.7. The summed E-state index contributed by atoms with van der Waals surface area (Å²) in [6, 6.07) is 8.61. The maximum atomic E-state index is 11.9. The van der Waals surface area contributed by atoms with Gasteiger partial charge in [0.15, 0.2) is 12.4 Å². The van der Waals surface area contributed by atoms with Gasteiger partial charge < -0.3 is 4.74 Å². The van der Waals surface area contributed by atoms with Gasteiger partial charge in [0, 0.05) is 29.3 Å². The van der Waals surface area contributed by atoms with Crippen molar-refractivity contribution in [2.45, 2.75) is 6.92 Å². The topological polar surface area (TPSA) is 130 Å². The smallest absolute Gasteiger partial charge is 0.338 e. The normalized spacial score (nSPS) is 10.1. The van der Waals surface area contributed by atoms with Crippen LogP contribution >= 0.6 is 0 Å². The van der Waals surface area contributed by atoms with Crippen LogP contribution in [0.1, 0.15) is 26.3 Å². The maximum absolute atomic E-state index is 11.9. The lowest BCUT2D eigenvalue weighted by Crippen LogP contribution is -2.14. The lowest BCUT2D eigenvalue weighted by Gasteiger charge is -2.05. The molecule has 0 spiro atoms. The molecule has 0 radical (unpaired) electrons. The van der Waals surface area contributed by atoms with Gasteiger partial charge in [0.05, 0.1) is 15.4 Å². The van der Waals surface area contributed by atoms with E-state index in [0.29, 0.717) is 5.56 Å². The SMILES string of the molecule is Cc1cc(C(=O)OCC(=O)c2ccc([N+](=O)[O-])cc2)ccc1[N+](=O)[O-]. The Labute approximate surface area is 141 Å². The van der Waals surface area contributed by atoms with Crippen LogP contribution in [-0.2, 0) is 4.74 Å². The number of nitro groups is 2. The van der Waals surface area contributed by atoms with Crippen molar-refractivity contribution in [1.29, 1.82) is 0 Å². The molecule has 2 aromatic rings. The van der Waals surface area contributed by atoms with Crippen LogP contribution in [0.4, 0.5) is 11.4 Å². The highest BCUT2D eigenvalue weighted by atomic mass is 16.6. The van der Waals surface area contributed by atoms with Gasteiger partial charge in [0.25, 0.3) is 11.4 Å². The van der Waals surface area contributed by atoms with Crippen LogP contribution in [0.2, 0.25) is 0 Å². The van der Waals surface area contributed by atoms with E-state index in [4.69, 9.17) is 4.74 Å². The molecule has 2 aromatic carbocycles. The Balaban J connectivity index is 2.01. The average Bonchev–Trinajstić information content (AvgIpc) is 2.58. The van der Waals surface area contributed by atoms with Crippen LogP contribution in [-0.4, -0.2) is 28.2 Å². The van der Waals surface area contributed by atoms with Crippen LogP contribution in [0.15, 0.2) is 42.5 Å². The van der Waals surface area contributed by atoms with Gasteiger partial charge in [-0.2, -0.15) is 0 Å². The summed E-state index contributed by atoms with van der Waals surface area (Å²) in [5.41, 5.74) is 0.257. The van der Waals surface area contributed by atoms with E-state index < -0.39 is 28.2 Å². The third-order valence-corrected chi connectivity index (χ3v) is 3.36. The average molecular weight is 344 g/mol. The van der Waals surface area contributed by atoms with Crippen LogP contribution in [0.25, 0.3) is 0 Å². The van der Waals surface area contributed by atoms with E-state index in [0.717, 1.165) is 0 Å². The number of aryl methyl sites for hydroxylation is 1. The fourth-order valence-electron chi connectivity index (χ4n) is 2.05. The number of carbonyl (C=O) groups is 2. The van der Waals surface area contributed by atoms with E-state index in [9.17, 15) is 29.8 Å². The van der Waals surface area contributed by atoms with Crippen molar-refractivity contribution in [2.75, 3.05) is 6.61 Å². The van der Waals surface area contributed by atoms with Crippen LogP contribution < -0.4 is 0 Å². The number of ketones is 1. The van der Waals surface area contributed by atoms with Crippen molar-refractivity contribution in [3.05, 3.63) is 79.4 Å². The zero-order chi connectivity index (χ0) is 18.6. The Bertz CT molecular complexity index is 859. The molecule has 0 bridgehead atoms. The summed E-state index contributed by atoms with van der Waals surface area (Å²) in [5.74, 6) is -1.32. The molecule has 25 heavy (non-hydrogen) atoms. The molecule has 0 aliphatic heterocycles. The molecule has 2 rings (SSSR count). The molecule has 0 aliphatic carbocycles. The van der Waals surface area contributed by atoms with Crippen molar-refractivity contribution in [1.82, 2.24) is 0 Å². The third-order valence-electron chi connectivity index (χ3n) is 3.36. The lowest BCUT2D eigenvalue weighted by molar-refractivity contribution is -0.385. The minimum atomic E-state index is -0.798. The van der Waals surface area contributed by atoms with E-state index in [1.54, 1.807) is 0 Å². The molecule has 0 fully saturated rings. The first-order chi connectivity index (χ1) is 11.8. The maximum Gasteiger partial charge on any atom is 0.338 e. The minimum Gasteiger partial charge on any atom is -0.454 e. The Kier molecular flexibility index (Phi) is 5.18. The summed E-state index contributed by atoms with van der Waals surface area (Å²) in [6.45, 7) is 0.934. The van der Waals surface area contributed by atoms with E-state index in [1.807, 2.05) is 0 Å². The predicted molar refractivity (Wildman–Crippen MR) is 85.5 cm³/mol. The number of nitro benzene ring substituents is 2. The van der Waals surface area contributed by atoms with E-state index in [-0.39, 0.29) is 22.5 Å². The molecule has 0 amide bonds. The molecule has 0 saturated carbocycles. The Morgan fingerprint density at radius 1 is 0.960 bits per heavy atom. The summed E-state index contributed by atoms with van der Waals surface area (Å²) in [4.78, 5) is 44.0. The number of nitrogens with zero attached hydrogens (tertiary/aromatic N) is 2. The summed E-state index contributed by atoms with van der Waals surface area (Å²) < 4.78 is 4.89. The van der Waals surface area contributed by atoms with Gasteiger partial charge in [-0.3, -0.25) is 25.0 Å². The second-order valence-corrected chi connectivity index (χ2v) is 5.06. The quantitative estimate of drug-likeness (QED) is 0.341. The largest absolute Gasteiger partial charge is 0.454 e. The summed E-state index contributed by atoms with van der Waals surface area (Å²) >= 11 is 0.